The van der Waals surface area contributed by atoms with Gasteiger partial charge in [-0.1, -0.05) is 109 Å². The molecule has 146 valence electrons. The summed E-state index contributed by atoms with van der Waals surface area (Å²) in [6, 6.07) is 41.4. The summed E-state index contributed by atoms with van der Waals surface area (Å²) in [6.45, 7) is 2.19. The first kappa shape index (κ1) is 19.5. The number of hydrogen-bond acceptors (Lipinski definition) is 1. The van der Waals surface area contributed by atoms with Crippen LogP contribution in [0.25, 0.3) is 32.3 Å². The van der Waals surface area contributed by atoms with E-state index in [1.54, 1.807) is 0 Å². The number of hydrogen-bond donors (Lipinski definition) is 1. The van der Waals surface area contributed by atoms with Gasteiger partial charge in [-0.05, 0) is 56.9 Å². The normalized spacial score (nSPS) is 10.3. The molecule has 0 aliphatic heterocycles. The highest BCUT2D eigenvalue weighted by Crippen LogP contribution is 2.35. The smallest absolute Gasteiger partial charge is 0.0313 e. The summed E-state index contributed by atoms with van der Waals surface area (Å²) in [5.74, 6) is 0. The van der Waals surface area contributed by atoms with Crippen LogP contribution in [0.2, 0.25) is 0 Å². The lowest BCUT2D eigenvalue weighted by Crippen LogP contribution is -1.85. The second kappa shape index (κ2) is 9.11. The van der Waals surface area contributed by atoms with Crippen LogP contribution in [-0.2, 0) is 0 Å². The number of aryl methyl sites for hydroxylation is 1. The van der Waals surface area contributed by atoms with E-state index in [2.05, 4.69) is 61.5 Å². The van der Waals surface area contributed by atoms with Gasteiger partial charge in [-0.15, -0.1) is 0 Å². The monoisotopic (exact) mass is 387 g/mol. The molecule has 6 aromatic rings. The highest BCUT2D eigenvalue weighted by Gasteiger charge is 2.08. The van der Waals surface area contributed by atoms with Crippen LogP contribution in [0.15, 0.2) is 121 Å². The van der Waals surface area contributed by atoms with Gasteiger partial charge in [0.25, 0.3) is 0 Å². The second-order valence-electron chi connectivity index (χ2n) is 7.30. The third-order valence-corrected chi connectivity index (χ3v) is 5.21. The van der Waals surface area contributed by atoms with Crippen molar-refractivity contribution in [2.45, 2.75) is 6.92 Å². The van der Waals surface area contributed by atoms with Gasteiger partial charge in [0.1, 0.15) is 0 Å². The molecule has 0 bridgehead atoms. The van der Waals surface area contributed by atoms with Gasteiger partial charge in [0, 0.05) is 5.69 Å². The fourth-order valence-corrected chi connectivity index (χ4v) is 3.72. The minimum absolute atomic E-state index is 0.822. The SMILES string of the molecule is Cc1ccc2ccc3cccc4ccc1c2c34.Nc1ccccc1.c1ccccc1. The van der Waals surface area contributed by atoms with Gasteiger partial charge in [0.2, 0.25) is 0 Å². The third kappa shape index (κ3) is 4.26. The number of benzene rings is 6. The van der Waals surface area contributed by atoms with E-state index in [1.165, 1.54) is 37.9 Å². The maximum absolute atomic E-state index is 5.36. The molecule has 0 amide bonds. The van der Waals surface area contributed by atoms with Gasteiger partial charge in [0.15, 0.2) is 0 Å². The van der Waals surface area contributed by atoms with Crippen molar-refractivity contribution >= 4 is 38.0 Å². The predicted octanol–water partition coefficient (Wildman–Crippen LogP) is 7.85. The molecule has 0 heterocycles. The summed E-state index contributed by atoms with van der Waals surface area (Å²) < 4.78 is 0. The number of para-hydroxylation sites is 1. The van der Waals surface area contributed by atoms with Crippen molar-refractivity contribution in [3.05, 3.63) is 127 Å². The molecular formula is C29H25N. The predicted molar refractivity (Wildman–Crippen MR) is 132 cm³/mol. The molecule has 1 nitrogen and oxygen atoms in total. The van der Waals surface area contributed by atoms with Crippen LogP contribution < -0.4 is 5.73 Å². The summed E-state index contributed by atoms with van der Waals surface area (Å²) in [6.07, 6.45) is 0. The topological polar surface area (TPSA) is 26.0 Å². The lowest BCUT2D eigenvalue weighted by Gasteiger charge is -2.11. The Hall–Kier alpha value is -3.84. The third-order valence-electron chi connectivity index (χ3n) is 5.21. The molecule has 6 aromatic carbocycles. The van der Waals surface area contributed by atoms with E-state index in [4.69, 9.17) is 5.73 Å². The average Bonchev–Trinajstić information content (AvgIpc) is 2.81. The lowest BCUT2D eigenvalue weighted by atomic mass is 9.92. The zero-order valence-corrected chi connectivity index (χ0v) is 17.1. The Balaban J connectivity index is 0.000000138. The molecule has 1 heteroatoms. The van der Waals surface area contributed by atoms with Gasteiger partial charge < -0.3 is 5.73 Å². The Labute approximate surface area is 177 Å². The van der Waals surface area contributed by atoms with E-state index >= 15 is 0 Å². The molecule has 0 saturated carbocycles. The van der Waals surface area contributed by atoms with Crippen LogP contribution in [0.3, 0.4) is 0 Å². The molecule has 0 unspecified atom stereocenters. The van der Waals surface area contributed by atoms with E-state index in [9.17, 15) is 0 Å². The standard InChI is InChI=1S/C17H12.C6H7N.C6H6/c1-11-5-6-14-8-7-12-3-2-4-13-9-10-15(11)17(14)16(12)13;7-6-4-2-1-3-5-6;1-2-4-6-5-3-1/h2-10H,1H3;1-5H,7H2;1-6H. The zero-order valence-electron chi connectivity index (χ0n) is 17.1. The number of rotatable bonds is 0. The minimum Gasteiger partial charge on any atom is -0.399 e. The molecule has 30 heavy (non-hydrogen) atoms. The summed E-state index contributed by atoms with van der Waals surface area (Å²) in [7, 11) is 0. The fraction of sp³-hybridized carbons (Fsp3) is 0.0345. The Morgan fingerprint density at radius 3 is 1.43 bits per heavy atom. The molecular weight excluding hydrogens is 362 g/mol. The Morgan fingerprint density at radius 1 is 0.433 bits per heavy atom. The lowest BCUT2D eigenvalue weighted by molar-refractivity contribution is 1.55. The molecule has 0 aromatic heterocycles. The largest absolute Gasteiger partial charge is 0.399 e. The van der Waals surface area contributed by atoms with Crippen molar-refractivity contribution < 1.29 is 0 Å². The Bertz CT molecular complexity index is 1300. The molecule has 0 atom stereocenters. The van der Waals surface area contributed by atoms with Crippen molar-refractivity contribution in [3.8, 4) is 0 Å². The van der Waals surface area contributed by atoms with Crippen LogP contribution in [-0.4, -0.2) is 0 Å². The van der Waals surface area contributed by atoms with E-state index in [-0.39, 0.29) is 0 Å². The molecule has 0 saturated heterocycles. The van der Waals surface area contributed by atoms with E-state index < -0.39 is 0 Å². The maximum Gasteiger partial charge on any atom is 0.0313 e. The van der Waals surface area contributed by atoms with Crippen LogP contribution in [0, 0.1) is 6.92 Å². The average molecular weight is 388 g/mol. The van der Waals surface area contributed by atoms with E-state index in [0.29, 0.717) is 0 Å². The van der Waals surface area contributed by atoms with Crippen molar-refractivity contribution in [3.63, 3.8) is 0 Å². The Kier molecular flexibility index (Phi) is 5.91. The number of anilines is 1. The van der Waals surface area contributed by atoms with Crippen molar-refractivity contribution in [1.29, 1.82) is 0 Å². The first-order chi connectivity index (χ1) is 14.7. The van der Waals surface area contributed by atoms with Gasteiger partial charge >= 0.3 is 0 Å². The highest BCUT2D eigenvalue weighted by atomic mass is 14.5. The summed E-state index contributed by atoms with van der Waals surface area (Å²) in [5.41, 5.74) is 7.54. The number of nitrogens with two attached hydrogens (primary N) is 1. The van der Waals surface area contributed by atoms with Crippen LogP contribution in [0.1, 0.15) is 5.56 Å². The highest BCUT2D eigenvalue weighted by molar-refractivity contribution is 6.23. The summed E-state index contributed by atoms with van der Waals surface area (Å²) in [4.78, 5) is 0. The van der Waals surface area contributed by atoms with Gasteiger partial charge in [-0.25, -0.2) is 0 Å². The molecule has 2 N–H and O–H groups in total. The molecule has 6 rings (SSSR count). The van der Waals surface area contributed by atoms with Crippen molar-refractivity contribution in [2.75, 3.05) is 5.73 Å². The van der Waals surface area contributed by atoms with E-state index in [0.717, 1.165) is 5.69 Å². The first-order valence-electron chi connectivity index (χ1n) is 10.2. The second-order valence-corrected chi connectivity index (χ2v) is 7.30. The van der Waals surface area contributed by atoms with Gasteiger partial charge in [-0.2, -0.15) is 0 Å². The maximum atomic E-state index is 5.36. The fourth-order valence-electron chi connectivity index (χ4n) is 3.72. The van der Waals surface area contributed by atoms with Gasteiger partial charge in [0.05, 0.1) is 0 Å². The van der Waals surface area contributed by atoms with Crippen LogP contribution in [0.4, 0.5) is 5.69 Å². The quantitative estimate of drug-likeness (QED) is 0.208. The molecule has 0 fully saturated rings. The molecule has 0 radical (unpaired) electrons. The first-order valence-corrected chi connectivity index (χ1v) is 10.2. The van der Waals surface area contributed by atoms with E-state index in [1.807, 2.05) is 66.7 Å². The van der Waals surface area contributed by atoms with Crippen LogP contribution >= 0.6 is 0 Å². The van der Waals surface area contributed by atoms with Crippen LogP contribution in [0.5, 0.6) is 0 Å². The van der Waals surface area contributed by atoms with Crippen molar-refractivity contribution in [2.24, 2.45) is 0 Å². The summed E-state index contributed by atoms with van der Waals surface area (Å²) >= 11 is 0. The molecule has 0 aliphatic rings. The van der Waals surface area contributed by atoms with Gasteiger partial charge in [-0.3, -0.25) is 0 Å². The number of nitrogen functional groups attached to an aromatic ring is 1. The molecule has 0 spiro atoms. The Morgan fingerprint density at radius 2 is 0.900 bits per heavy atom. The molecule has 0 aliphatic carbocycles. The van der Waals surface area contributed by atoms with Crippen molar-refractivity contribution in [1.82, 2.24) is 0 Å². The summed E-state index contributed by atoms with van der Waals surface area (Å²) in [5, 5.41) is 8.23. The zero-order chi connectivity index (χ0) is 20.8. The minimum atomic E-state index is 0.822.